The number of hydrogen-bond acceptors (Lipinski definition) is 6. The molecule has 8 nitrogen and oxygen atoms in total. The molecule has 0 atom stereocenters. The van der Waals surface area contributed by atoms with Crippen molar-refractivity contribution in [3.8, 4) is 11.3 Å². The lowest BCUT2D eigenvalue weighted by atomic mass is 10.1. The zero-order chi connectivity index (χ0) is 20.7. The Bertz CT molecular complexity index is 1260. The monoisotopic (exact) mass is 422 g/mol. The molecule has 5 rings (SSSR count). The molecule has 3 heterocycles. The van der Waals surface area contributed by atoms with Crippen molar-refractivity contribution in [3.63, 3.8) is 0 Å². The van der Waals surface area contributed by atoms with Gasteiger partial charge in [0.05, 0.1) is 40.5 Å². The Hall–Kier alpha value is -3.30. The summed E-state index contributed by atoms with van der Waals surface area (Å²) in [6, 6.07) is 12.4. The molecule has 4 aromatic rings. The predicted octanol–water partition coefficient (Wildman–Crippen LogP) is 3.53. The van der Waals surface area contributed by atoms with Crippen molar-refractivity contribution < 1.29 is 14.5 Å². The molecule has 2 aromatic heterocycles. The van der Waals surface area contributed by atoms with E-state index in [0.29, 0.717) is 32.7 Å². The van der Waals surface area contributed by atoms with Gasteiger partial charge in [0.1, 0.15) is 0 Å². The minimum absolute atomic E-state index is 0.0596. The van der Waals surface area contributed by atoms with E-state index in [2.05, 4.69) is 11.1 Å². The average molecular weight is 422 g/mol. The average Bonchev–Trinajstić information content (AvgIpc) is 3.32. The van der Waals surface area contributed by atoms with E-state index in [-0.39, 0.29) is 11.6 Å². The van der Waals surface area contributed by atoms with Gasteiger partial charge >= 0.3 is 0 Å². The summed E-state index contributed by atoms with van der Waals surface area (Å²) in [5, 5.41) is 10.8. The van der Waals surface area contributed by atoms with E-state index in [9.17, 15) is 14.9 Å². The maximum atomic E-state index is 12.5. The highest BCUT2D eigenvalue weighted by Gasteiger charge is 2.18. The number of nitro benzene ring substituents is 1. The minimum Gasteiger partial charge on any atom is -0.378 e. The van der Waals surface area contributed by atoms with Crippen LogP contribution in [0.4, 0.5) is 5.69 Å². The molecule has 0 N–H and O–H groups in total. The molecule has 0 radical (unpaired) electrons. The number of carbonyl (C=O) groups excluding carboxylic acids is 1. The van der Waals surface area contributed by atoms with E-state index in [1.807, 2.05) is 27.6 Å². The fraction of sp³-hybridized carbons (Fsp3) is 0.238. The van der Waals surface area contributed by atoms with Crippen LogP contribution in [0.1, 0.15) is 5.56 Å². The van der Waals surface area contributed by atoms with Crippen LogP contribution in [0.3, 0.4) is 0 Å². The fourth-order valence-electron chi connectivity index (χ4n) is 3.65. The van der Waals surface area contributed by atoms with Gasteiger partial charge in [-0.25, -0.2) is 4.98 Å². The van der Waals surface area contributed by atoms with Crippen molar-refractivity contribution in [2.24, 2.45) is 0 Å². The molecular formula is C21H18N4O4S. The molecule has 1 saturated heterocycles. The highest BCUT2D eigenvalue weighted by Crippen LogP contribution is 2.31. The smallest absolute Gasteiger partial charge is 0.269 e. The fourth-order valence-corrected chi connectivity index (χ4v) is 4.72. The van der Waals surface area contributed by atoms with Crippen molar-refractivity contribution >= 4 is 38.1 Å². The second-order valence-corrected chi connectivity index (χ2v) is 8.17. The number of fused-ring (bicyclic) bond motifs is 3. The largest absolute Gasteiger partial charge is 0.378 e. The first-order chi connectivity index (χ1) is 14.6. The molecule has 0 saturated carbocycles. The maximum absolute atomic E-state index is 12.5. The molecule has 0 unspecified atom stereocenters. The van der Waals surface area contributed by atoms with Gasteiger partial charge < -0.3 is 9.64 Å². The number of rotatable bonds is 4. The van der Waals surface area contributed by atoms with Gasteiger partial charge in [0.25, 0.3) is 5.69 Å². The topological polar surface area (TPSA) is 90.0 Å². The molecular weight excluding hydrogens is 404 g/mol. The summed E-state index contributed by atoms with van der Waals surface area (Å²) >= 11 is 1.56. The number of ether oxygens (including phenoxy) is 1. The molecule has 9 heteroatoms. The lowest BCUT2D eigenvalue weighted by Crippen LogP contribution is -2.41. The number of benzene rings is 2. The van der Waals surface area contributed by atoms with Crippen LogP contribution in [-0.4, -0.2) is 51.4 Å². The summed E-state index contributed by atoms with van der Waals surface area (Å²) in [4.78, 5) is 30.3. The van der Waals surface area contributed by atoms with Gasteiger partial charge in [-0.15, -0.1) is 0 Å². The van der Waals surface area contributed by atoms with Crippen LogP contribution in [0.15, 0.2) is 48.7 Å². The number of aromatic nitrogens is 2. The number of amides is 1. The number of hydrogen-bond donors (Lipinski definition) is 0. The Labute approximate surface area is 175 Å². The number of imidazole rings is 1. The molecule has 0 aliphatic carbocycles. The summed E-state index contributed by atoms with van der Waals surface area (Å²) in [7, 11) is 0. The van der Waals surface area contributed by atoms with Crippen molar-refractivity contribution in [2.75, 3.05) is 26.3 Å². The highest BCUT2D eigenvalue weighted by molar-refractivity contribution is 7.23. The first-order valence-electron chi connectivity index (χ1n) is 9.59. The number of carbonyl (C=O) groups is 1. The zero-order valence-corrected chi connectivity index (χ0v) is 16.8. The van der Waals surface area contributed by atoms with Crippen LogP contribution in [-0.2, 0) is 16.0 Å². The number of thiazole rings is 1. The van der Waals surface area contributed by atoms with Crippen molar-refractivity contribution in [2.45, 2.75) is 6.42 Å². The third-order valence-electron chi connectivity index (χ3n) is 5.25. The number of morpholine rings is 1. The van der Waals surface area contributed by atoms with Gasteiger partial charge in [0.15, 0.2) is 4.96 Å². The van der Waals surface area contributed by atoms with E-state index in [1.165, 1.54) is 12.1 Å². The third kappa shape index (κ3) is 3.42. The van der Waals surface area contributed by atoms with Gasteiger partial charge in [0, 0.05) is 37.0 Å². The van der Waals surface area contributed by atoms with Gasteiger partial charge in [-0.3, -0.25) is 19.3 Å². The first kappa shape index (κ1) is 18.7. The molecule has 0 bridgehead atoms. The molecule has 152 valence electrons. The SMILES string of the molecule is O=C(Cc1ccc2c(c1)sc1nc(-c3ccc([N+](=O)[O-])cc3)cn12)N1CCOCC1. The van der Waals surface area contributed by atoms with Crippen molar-refractivity contribution in [1.29, 1.82) is 0 Å². The van der Waals surface area contributed by atoms with Crippen molar-refractivity contribution in [3.05, 3.63) is 64.3 Å². The Morgan fingerprint density at radius 1 is 1.17 bits per heavy atom. The van der Waals surface area contributed by atoms with Crippen LogP contribution < -0.4 is 0 Å². The number of nitrogens with zero attached hydrogens (tertiary/aromatic N) is 4. The van der Waals surface area contributed by atoms with E-state index >= 15 is 0 Å². The lowest BCUT2D eigenvalue weighted by molar-refractivity contribution is -0.384. The van der Waals surface area contributed by atoms with E-state index in [0.717, 1.165) is 32.0 Å². The van der Waals surface area contributed by atoms with Crippen LogP contribution in [0.5, 0.6) is 0 Å². The van der Waals surface area contributed by atoms with Gasteiger partial charge in [-0.1, -0.05) is 17.4 Å². The summed E-state index contributed by atoms with van der Waals surface area (Å²) in [6.45, 7) is 2.51. The minimum atomic E-state index is -0.412. The maximum Gasteiger partial charge on any atom is 0.269 e. The lowest BCUT2D eigenvalue weighted by Gasteiger charge is -2.26. The summed E-state index contributed by atoms with van der Waals surface area (Å²) < 4.78 is 8.40. The second-order valence-electron chi connectivity index (χ2n) is 7.16. The van der Waals surface area contributed by atoms with Crippen LogP contribution >= 0.6 is 11.3 Å². The Morgan fingerprint density at radius 3 is 2.67 bits per heavy atom. The normalized spacial score (nSPS) is 14.5. The van der Waals surface area contributed by atoms with E-state index in [1.54, 1.807) is 23.5 Å². The van der Waals surface area contributed by atoms with E-state index < -0.39 is 4.92 Å². The van der Waals surface area contributed by atoms with Crippen LogP contribution in [0.25, 0.3) is 26.4 Å². The molecule has 30 heavy (non-hydrogen) atoms. The van der Waals surface area contributed by atoms with E-state index in [4.69, 9.17) is 4.74 Å². The molecule has 1 aliphatic rings. The van der Waals surface area contributed by atoms with Gasteiger partial charge in [0.2, 0.25) is 5.91 Å². The summed E-state index contributed by atoms with van der Waals surface area (Å²) in [5.41, 5.74) is 3.67. The molecule has 0 spiro atoms. The number of non-ortho nitro benzene ring substituents is 1. The Kier molecular flexibility index (Phi) is 4.68. The highest BCUT2D eigenvalue weighted by atomic mass is 32.1. The first-order valence-corrected chi connectivity index (χ1v) is 10.4. The molecule has 1 fully saturated rings. The van der Waals surface area contributed by atoms with Crippen molar-refractivity contribution in [1.82, 2.24) is 14.3 Å². The molecule has 1 amide bonds. The Balaban J connectivity index is 1.41. The summed E-state index contributed by atoms with van der Waals surface area (Å²) in [5.74, 6) is 0.124. The number of nitro groups is 1. The molecule has 1 aliphatic heterocycles. The quantitative estimate of drug-likeness (QED) is 0.371. The summed E-state index contributed by atoms with van der Waals surface area (Å²) in [6.07, 6.45) is 2.32. The van der Waals surface area contributed by atoms with Gasteiger partial charge in [-0.2, -0.15) is 0 Å². The standard InChI is InChI=1S/C21H18N4O4S/c26-20(23-7-9-29-10-8-23)12-14-1-6-18-19(11-14)30-21-22-17(13-24(18)21)15-2-4-16(5-3-15)25(27)28/h1-6,11,13H,7-10,12H2. The van der Waals surface area contributed by atoms with Gasteiger partial charge in [-0.05, 0) is 29.8 Å². The Morgan fingerprint density at radius 2 is 1.93 bits per heavy atom. The van der Waals surface area contributed by atoms with Crippen LogP contribution in [0, 0.1) is 10.1 Å². The zero-order valence-electron chi connectivity index (χ0n) is 16.0. The predicted molar refractivity (Wildman–Crippen MR) is 114 cm³/mol. The second kappa shape index (κ2) is 7.51. The molecule has 2 aromatic carbocycles. The van der Waals surface area contributed by atoms with Crippen LogP contribution in [0.2, 0.25) is 0 Å². The third-order valence-corrected chi connectivity index (χ3v) is 6.27.